The highest BCUT2D eigenvalue weighted by Crippen LogP contribution is 2.24. The molecule has 0 amide bonds. The molecule has 3 heteroatoms. The van der Waals surface area contributed by atoms with Gasteiger partial charge in [0, 0.05) is 11.0 Å². The van der Waals surface area contributed by atoms with E-state index < -0.39 is 0 Å². The van der Waals surface area contributed by atoms with E-state index in [0.29, 0.717) is 5.13 Å². The summed E-state index contributed by atoms with van der Waals surface area (Å²) in [5.41, 5.74) is 7.65. The van der Waals surface area contributed by atoms with Crippen molar-refractivity contribution in [2.75, 3.05) is 5.73 Å². The highest BCUT2D eigenvalue weighted by molar-refractivity contribution is 7.22. The molecule has 0 saturated heterocycles. The van der Waals surface area contributed by atoms with E-state index in [1.54, 1.807) is 0 Å². The third-order valence-corrected chi connectivity index (χ3v) is 2.83. The van der Waals surface area contributed by atoms with E-state index >= 15 is 0 Å². The van der Waals surface area contributed by atoms with Crippen molar-refractivity contribution in [1.29, 1.82) is 0 Å². The monoisotopic (exact) mass is 230 g/mol. The second-order valence-corrected chi connectivity index (χ2v) is 5.80. The van der Waals surface area contributed by atoms with Gasteiger partial charge in [-0.3, -0.25) is 0 Å². The maximum atomic E-state index is 5.66. The lowest BCUT2D eigenvalue weighted by atomic mass is 9.97. The average molecular weight is 230 g/mol. The van der Waals surface area contributed by atoms with Gasteiger partial charge in [-0.1, -0.05) is 23.2 Å². The van der Waals surface area contributed by atoms with Crippen LogP contribution in [0.3, 0.4) is 0 Å². The van der Waals surface area contributed by atoms with Crippen LogP contribution in [0.25, 0.3) is 10.2 Å². The highest BCUT2D eigenvalue weighted by atomic mass is 32.1. The maximum Gasteiger partial charge on any atom is 0.181 e. The molecule has 1 aromatic carbocycles. The van der Waals surface area contributed by atoms with E-state index in [9.17, 15) is 0 Å². The Labute approximate surface area is 99.5 Å². The van der Waals surface area contributed by atoms with Crippen LogP contribution < -0.4 is 5.73 Å². The molecule has 2 rings (SSSR count). The summed E-state index contributed by atoms with van der Waals surface area (Å²) in [6, 6.07) is 6.00. The summed E-state index contributed by atoms with van der Waals surface area (Å²) in [7, 11) is 0. The Hall–Kier alpha value is -1.53. The van der Waals surface area contributed by atoms with Crippen molar-refractivity contribution in [2.45, 2.75) is 20.8 Å². The Morgan fingerprint density at radius 1 is 1.31 bits per heavy atom. The number of anilines is 1. The number of aromatic nitrogens is 1. The van der Waals surface area contributed by atoms with Crippen molar-refractivity contribution in [2.24, 2.45) is 5.41 Å². The molecule has 2 nitrogen and oxygen atoms in total. The number of rotatable bonds is 0. The zero-order chi connectivity index (χ0) is 11.8. The first-order valence-electron chi connectivity index (χ1n) is 5.13. The number of benzene rings is 1. The lowest BCUT2D eigenvalue weighted by Crippen LogP contribution is -1.99. The third kappa shape index (κ3) is 2.53. The smallest absolute Gasteiger partial charge is 0.181 e. The lowest BCUT2D eigenvalue weighted by molar-refractivity contribution is 0.571. The van der Waals surface area contributed by atoms with E-state index in [0.717, 1.165) is 15.8 Å². The Morgan fingerprint density at radius 2 is 2.06 bits per heavy atom. The predicted molar refractivity (Wildman–Crippen MR) is 70.4 cm³/mol. The largest absolute Gasteiger partial charge is 0.375 e. The van der Waals surface area contributed by atoms with E-state index in [4.69, 9.17) is 5.73 Å². The first-order valence-corrected chi connectivity index (χ1v) is 5.95. The van der Waals surface area contributed by atoms with Gasteiger partial charge in [0.2, 0.25) is 0 Å². The molecule has 1 heterocycles. The summed E-state index contributed by atoms with van der Waals surface area (Å²) in [5, 5.41) is 0.607. The van der Waals surface area contributed by atoms with Crippen molar-refractivity contribution in [3.05, 3.63) is 23.8 Å². The fourth-order valence-electron chi connectivity index (χ4n) is 1.28. The summed E-state index contributed by atoms with van der Waals surface area (Å²) in [4.78, 5) is 4.21. The van der Waals surface area contributed by atoms with E-state index in [-0.39, 0.29) is 5.41 Å². The third-order valence-electron chi connectivity index (χ3n) is 1.99. The molecule has 2 aromatic rings. The van der Waals surface area contributed by atoms with Gasteiger partial charge in [0.05, 0.1) is 10.2 Å². The maximum absolute atomic E-state index is 5.66. The molecule has 0 saturated carbocycles. The number of nitrogens with zero attached hydrogens (tertiary/aromatic N) is 1. The highest BCUT2D eigenvalue weighted by Gasteiger charge is 2.04. The molecular weight excluding hydrogens is 216 g/mol. The van der Waals surface area contributed by atoms with Crippen LogP contribution in [-0.4, -0.2) is 4.98 Å². The molecule has 2 N–H and O–H groups in total. The average Bonchev–Trinajstić information content (AvgIpc) is 2.52. The summed E-state index contributed by atoms with van der Waals surface area (Å²) in [6.07, 6.45) is 0. The first kappa shape index (κ1) is 11.0. The van der Waals surface area contributed by atoms with E-state index in [1.165, 1.54) is 11.3 Å². The number of thiazole rings is 1. The minimum absolute atomic E-state index is 0.0294. The number of hydrogen-bond donors (Lipinski definition) is 1. The van der Waals surface area contributed by atoms with Gasteiger partial charge in [-0.25, -0.2) is 4.98 Å². The van der Waals surface area contributed by atoms with Gasteiger partial charge >= 0.3 is 0 Å². The minimum atomic E-state index is 0.0294. The zero-order valence-corrected chi connectivity index (χ0v) is 10.5. The topological polar surface area (TPSA) is 38.9 Å². The van der Waals surface area contributed by atoms with Crippen LogP contribution in [0.4, 0.5) is 5.13 Å². The summed E-state index contributed by atoms with van der Waals surface area (Å²) in [5.74, 6) is 6.39. The van der Waals surface area contributed by atoms with Gasteiger partial charge in [-0.05, 0) is 39.0 Å². The molecule has 0 aliphatic heterocycles. The molecule has 0 radical (unpaired) electrons. The Morgan fingerprint density at radius 3 is 2.75 bits per heavy atom. The zero-order valence-electron chi connectivity index (χ0n) is 9.66. The van der Waals surface area contributed by atoms with E-state index in [2.05, 4.69) is 37.6 Å². The summed E-state index contributed by atoms with van der Waals surface area (Å²) >= 11 is 1.50. The van der Waals surface area contributed by atoms with Gasteiger partial charge in [0.25, 0.3) is 0 Å². The molecule has 0 unspecified atom stereocenters. The molecule has 0 spiro atoms. The van der Waals surface area contributed by atoms with Crippen molar-refractivity contribution >= 4 is 26.7 Å². The molecule has 82 valence electrons. The quantitative estimate of drug-likeness (QED) is 0.705. The Balaban J connectivity index is 2.42. The molecule has 0 atom stereocenters. The molecule has 0 fully saturated rings. The van der Waals surface area contributed by atoms with Crippen molar-refractivity contribution in [1.82, 2.24) is 4.98 Å². The van der Waals surface area contributed by atoms with E-state index in [1.807, 2.05) is 18.2 Å². The van der Waals surface area contributed by atoms with Crippen molar-refractivity contribution in [3.8, 4) is 11.8 Å². The number of hydrogen-bond acceptors (Lipinski definition) is 3. The minimum Gasteiger partial charge on any atom is -0.375 e. The number of fused-ring (bicyclic) bond motifs is 1. The molecule has 0 aliphatic carbocycles. The standard InChI is InChI=1S/C13H14N2S/c1-13(2,3)7-6-9-4-5-10-11(8-9)16-12(14)15-10/h4-5,8H,1-3H3,(H2,14,15). The Kier molecular flexibility index (Phi) is 2.61. The van der Waals surface area contributed by atoms with Crippen LogP contribution in [0.5, 0.6) is 0 Å². The van der Waals surface area contributed by atoms with Gasteiger partial charge < -0.3 is 5.73 Å². The number of nitrogen functional groups attached to an aromatic ring is 1. The molecule has 1 aromatic heterocycles. The van der Waals surface area contributed by atoms with Crippen LogP contribution >= 0.6 is 11.3 Å². The predicted octanol–water partition coefficient (Wildman–Crippen LogP) is 3.28. The molecule has 0 bridgehead atoms. The van der Waals surface area contributed by atoms with Crippen LogP contribution in [0.2, 0.25) is 0 Å². The SMILES string of the molecule is CC(C)(C)C#Cc1ccc2nc(N)sc2c1. The van der Waals surface area contributed by atoms with Crippen LogP contribution in [-0.2, 0) is 0 Å². The van der Waals surface area contributed by atoms with Gasteiger partial charge in [0.15, 0.2) is 5.13 Å². The molecule has 16 heavy (non-hydrogen) atoms. The first-order chi connectivity index (χ1) is 7.44. The molecular formula is C13H14N2S. The number of nitrogens with two attached hydrogens (primary N) is 1. The fourth-order valence-corrected chi connectivity index (χ4v) is 2.05. The van der Waals surface area contributed by atoms with Gasteiger partial charge in [-0.2, -0.15) is 0 Å². The van der Waals surface area contributed by atoms with Gasteiger partial charge in [0.1, 0.15) is 0 Å². The van der Waals surface area contributed by atoms with Crippen LogP contribution in [0, 0.1) is 17.3 Å². The van der Waals surface area contributed by atoms with Crippen molar-refractivity contribution in [3.63, 3.8) is 0 Å². The second-order valence-electron chi connectivity index (χ2n) is 4.73. The summed E-state index contributed by atoms with van der Waals surface area (Å²) < 4.78 is 1.10. The summed E-state index contributed by atoms with van der Waals surface area (Å²) in [6.45, 7) is 6.30. The van der Waals surface area contributed by atoms with Gasteiger partial charge in [-0.15, -0.1) is 0 Å². The normalized spacial score (nSPS) is 11.2. The van der Waals surface area contributed by atoms with Crippen molar-refractivity contribution < 1.29 is 0 Å². The van der Waals surface area contributed by atoms with Crippen LogP contribution in [0.15, 0.2) is 18.2 Å². The lowest BCUT2D eigenvalue weighted by Gasteiger charge is -2.06. The van der Waals surface area contributed by atoms with Crippen LogP contribution in [0.1, 0.15) is 26.3 Å². The Bertz CT molecular complexity index is 579. The second kappa shape index (κ2) is 3.80. The molecule has 0 aliphatic rings. The fraction of sp³-hybridized carbons (Fsp3) is 0.308.